The number of para-hydroxylation sites is 1. The third-order valence-electron chi connectivity index (χ3n) is 2.99. The van der Waals surface area contributed by atoms with Gasteiger partial charge in [0.05, 0.1) is 19.8 Å². The van der Waals surface area contributed by atoms with E-state index in [1.165, 1.54) is 0 Å². The van der Waals surface area contributed by atoms with Crippen LogP contribution in [0, 0.1) is 11.3 Å². The van der Waals surface area contributed by atoms with Crippen molar-refractivity contribution in [1.82, 2.24) is 0 Å². The third kappa shape index (κ3) is 3.07. The fourth-order valence-electron chi connectivity index (χ4n) is 1.91. The van der Waals surface area contributed by atoms with E-state index in [1.54, 1.807) is 44.6 Å². The van der Waals surface area contributed by atoms with Gasteiger partial charge in [0.2, 0.25) is 5.75 Å². The Labute approximate surface area is 123 Å². The van der Waals surface area contributed by atoms with Gasteiger partial charge in [-0.25, -0.2) is 0 Å². The Kier molecular flexibility index (Phi) is 4.64. The number of benzene rings is 2. The Morgan fingerprint density at radius 3 is 2.24 bits per heavy atom. The van der Waals surface area contributed by atoms with Gasteiger partial charge in [0.15, 0.2) is 11.5 Å². The van der Waals surface area contributed by atoms with E-state index in [4.69, 9.17) is 19.9 Å². The van der Waals surface area contributed by atoms with E-state index in [2.05, 4.69) is 6.07 Å². The van der Waals surface area contributed by atoms with Crippen molar-refractivity contribution in [3.63, 3.8) is 0 Å². The number of nitrogens with zero attached hydrogens (tertiary/aromatic N) is 1. The molecule has 0 aliphatic carbocycles. The molecule has 2 N–H and O–H groups in total. The van der Waals surface area contributed by atoms with Gasteiger partial charge in [-0.05, 0) is 29.8 Å². The number of hydrogen-bond donors (Lipinski definition) is 1. The minimum absolute atomic E-state index is 0.368. The minimum atomic E-state index is 0.368. The molecule has 0 saturated carbocycles. The van der Waals surface area contributed by atoms with Crippen LogP contribution in [0.25, 0.3) is 0 Å². The smallest absolute Gasteiger partial charge is 0.211 e. The van der Waals surface area contributed by atoms with Crippen LogP contribution in [0.5, 0.6) is 23.0 Å². The second kappa shape index (κ2) is 6.64. The second-order valence-corrected chi connectivity index (χ2v) is 4.24. The lowest BCUT2D eigenvalue weighted by Crippen LogP contribution is -1.99. The van der Waals surface area contributed by atoms with Crippen molar-refractivity contribution in [2.45, 2.75) is 6.54 Å². The van der Waals surface area contributed by atoms with Gasteiger partial charge < -0.3 is 19.9 Å². The highest BCUT2D eigenvalue weighted by Crippen LogP contribution is 2.40. The first-order chi connectivity index (χ1) is 10.2. The predicted octanol–water partition coefficient (Wildman–Crippen LogP) is 2.83. The number of rotatable bonds is 5. The fourth-order valence-corrected chi connectivity index (χ4v) is 1.91. The summed E-state index contributed by atoms with van der Waals surface area (Å²) in [5.41, 5.74) is 6.85. The van der Waals surface area contributed by atoms with E-state index >= 15 is 0 Å². The number of nitrogens with two attached hydrogens (primary N) is 1. The van der Waals surface area contributed by atoms with E-state index in [-0.39, 0.29) is 0 Å². The van der Waals surface area contributed by atoms with E-state index in [9.17, 15) is 5.26 Å². The SMILES string of the molecule is COc1cccc(OC)c1Oc1ccc(CN)cc1C#N. The van der Waals surface area contributed by atoms with Crippen LogP contribution in [0.3, 0.4) is 0 Å². The molecular formula is C16H16N2O3. The van der Waals surface area contributed by atoms with E-state index in [1.807, 2.05) is 6.07 Å². The summed E-state index contributed by atoms with van der Waals surface area (Å²) in [6.07, 6.45) is 0. The fraction of sp³-hybridized carbons (Fsp3) is 0.188. The number of nitriles is 1. The topological polar surface area (TPSA) is 77.5 Å². The highest BCUT2D eigenvalue weighted by atomic mass is 16.5. The van der Waals surface area contributed by atoms with Crippen molar-refractivity contribution in [1.29, 1.82) is 5.26 Å². The standard InChI is InChI=1S/C16H16N2O3/c1-19-14-4-3-5-15(20-2)16(14)21-13-7-6-11(9-17)8-12(13)10-18/h3-8H,9,17H2,1-2H3. The van der Waals surface area contributed by atoms with Crippen LogP contribution < -0.4 is 19.9 Å². The normalized spacial score (nSPS) is 9.81. The number of ether oxygens (including phenoxy) is 3. The molecule has 0 radical (unpaired) electrons. The molecule has 0 aliphatic rings. The second-order valence-electron chi connectivity index (χ2n) is 4.24. The molecule has 0 spiro atoms. The van der Waals surface area contributed by atoms with Gasteiger partial charge >= 0.3 is 0 Å². The summed E-state index contributed by atoms with van der Waals surface area (Å²) >= 11 is 0. The van der Waals surface area contributed by atoms with Crippen LogP contribution in [0.4, 0.5) is 0 Å². The van der Waals surface area contributed by atoms with Gasteiger partial charge in [0.25, 0.3) is 0 Å². The Hall–Kier alpha value is -2.71. The Bertz CT molecular complexity index is 655. The zero-order chi connectivity index (χ0) is 15.2. The van der Waals surface area contributed by atoms with Crippen molar-refractivity contribution < 1.29 is 14.2 Å². The first kappa shape index (κ1) is 14.7. The molecule has 2 aromatic rings. The van der Waals surface area contributed by atoms with Gasteiger partial charge in [-0.3, -0.25) is 0 Å². The molecule has 108 valence electrons. The lowest BCUT2D eigenvalue weighted by atomic mass is 10.1. The van der Waals surface area contributed by atoms with E-state index in [0.29, 0.717) is 35.1 Å². The predicted molar refractivity (Wildman–Crippen MR) is 78.7 cm³/mol. The van der Waals surface area contributed by atoms with Gasteiger partial charge in [-0.1, -0.05) is 12.1 Å². The minimum Gasteiger partial charge on any atom is -0.493 e. The summed E-state index contributed by atoms with van der Waals surface area (Å²) < 4.78 is 16.4. The lowest BCUT2D eigenvalue weighted by molar-refractivity contribution is 0.346. The lowest BCUT2D eigenvalue weighted by Gasteiger charge is -2.14. The quantitative estimate of drug-likeness (QED) is 0.913. The molecule has 0 aromatic heterocycles. The van der Waals surface area contributed by atoms with Crippen molar-refractivity contribution in [2.24, 2.45) is 5.73 Å². The zero-order valence-corrected chi connectivity index (χ0v) is 11.9. The van der Waals surface area contributed by atoms with Gasteiger partial charge in [-0.2, -0.15) is 5.26 Å². The molecule has 0 unspecified atom stereocenters. The summed E-state index contributed by atoms with van der Waals surface area (Å²) in [6, 6.07) is 12.7. The Morgan fingerprint density at radius 1 is 1.05 bits per heavy atom. The molecule has 5 heteroatoms. The molecule has 5 nitrogen and oxygen atoms in total. The van der Waals surface area contributed by atoms with Crippen molar-refractivity contribution in [3.8, 4) is 29.1 Å². The first-order valence-corrected chi connectivity index (χ1v) is 6.35. The summed E-state index contributed by atoms with van der Waals surface area (Å²) in [6.45, 7) is 0.368. The molecule has 0 aliphatic heterocycles. The van der Waals surface area contributed by atoms with Gasteiger partial charge in [0.1, 0.15) is 11.8 Å². The molecule has 21 heavy (non-hydrogen) atoms. The largest absolute Gasteiger partial charge is 0.493 e. The summed E-state index contributed by atoms with van der Waals surface area (Å²) in [5.74, 6) is 1.92. The molecule has 0 bridgehead atoms. The molecule has 2 rings (SSSR count). The average Bonchev–Trinajstić information content (AvgIpc) is 2.55. The van der Waals surface area contributed by atoms with Gasteiger partial charge in [0, 0.05) is 6.54 Å². The van der Waals surface area contributed by atoms with Crippen LogP contribution in [0.1, 0.15) is 11.1 Å². The van der Waals surface area contributed by atoms with Crippen LogP contribution >= 0.6 is 0 Å². The molecule has 0 atom stereocenters. The maximum Gasteiger partial charge on any atom is 0.211 e. The van der Waals surface area contributed by atoms with E-state index < -0.39 is 0 Å². The molecule has 2 aromatic carbocycles. The summed E-state index contributed by atoms with van der Waals surface area (Å²) in [7, 11) is 3.09. The third-order valence-corrected chi connectivity index (χ3v) is 2.99. The van der Waals surface area contributed by atoms with Crippen LogP contribution in [-0.2, 0) is 6.54 Å². The number of methoxy groups -OCH3 is 2. The van der Waals surface area contributed by atoms with E-state index in [0.717, 1.165) is 5.56 Å². The zero-order valence-electron chi connectivity index (χ0n) is 11.9. The highest BCUT2D eigenvalue weighted by Gasteiger charge is 2.14. The monoisotopic (exact) mass is 284 g/mol. The molecule has 0 amide bonds. The maximum absolute atomic E-state index is 9.24. The van der Waals surface area contributed by atoms with Crippen molar-refractivity contribution in [2.75, 3.05) is 14.2 Å². The maximum atomic E-state index is 9.24. The van der Waals surface area contributed by atoms with Crippen LogP contribution in [-0.4, -0.2) is 14.2 Å². The molecule has 0 heterocycles. The molecule has 0 saturated heterocycles. The number of hydrogen-bond acceptors (Lipinski definition) is 5. The summed E-state index contributed by atoms with van der Waals surface area (Å²) in [5, 5.41) is 9.24. The van der Waals surface area contributed by atoms with Crippen molar-refractivity contribution in [3.05, 3.63) is 47.5 Å². The first-order valence-electron chi connectivity index (χ1n) is 6.35. The molecular weight excluding hydrogens is 268 g/mol. The van der Waals surface area contributed by atoms with Crippen molar-refractivity contribution >= 4 is 0 Å². The van der Waals surface area contributed by atoms with Crippen LogP contribution in [0.2, 0.25) is 0 Å². The average molecular weight is 284 g/mol. The Morgan fingerprint density at radius 2 is 1.71 bits per heavy atom. The van der Waals surface area contributed by atoms with Gasteiger partial charge in [-0.15, -0.1) is 0 Å². The Balaban J connectivity index is 2.45. The highest BCUT2D eigenvalue weighted by molar-refractivity contribution is 5.55. The molecule has 0 fully saturated rings. The summed E-state index contributed by atoms with van der Waals surface area (Å²) in [4.78, 5) is 0. The van der Waals surface area contributed by atoms with Crippen LogP contribution in [0.15, 0.2) is 36.4 Å².